The van der Waals surface area contributed by atoms with E-state index < -0.39 is 0 Å². The van der Waals surface area contributed by atoms with Gasteiger partial charge in [0.1, 0.15) is 0 Å². The van der Waals surface area contributed by atoms with Gasteiger partial charge in [-0.15, -0.1) is 0 Å². The predicted molar refractivity (Wildman–Crippen MR) is 65.5 cm³/mol. The van der Waals surface area contributed by atoms with Crippen LogP contribution in [0.3, 0.4) is 0 Å². The van der Waals surface area contributed by atoms with Crippen LogP contribution in [0.5, 0.6) is 0 Å². The largest absolute Gasteiger partial charge is 0.375 e. The molecule has 0 bridgehead atoms. The highest BCUT2D eigenvalue weighted by atomic mass is 16.6. The van der Waals surface area contributed by atoms with Crippen molar-refractivity contribution in [3.63, 3.8) is 0 Å². The minimum Gasteiger partial charge on any atom is -0.375 e. The first-order valence-electron chi connectivity index (χ1n) is 5.69. The van der Waals surface area contributed by atoms with Crippen LogP contribution in [0, 0.1) is 17.0 Å². The lowest BCUT2D eigenvalue weighted by molar-refractivity contribution is -0.385. The fourth-order valence-electron chi connectivity index (χ4n) is 2.09. The molecule has 1 atom stereocenters. The van der Waals surface area contributed by atoms with Gasteiger partial charge in [0.25, 0.3) is 5.69 Å². The molecule has 0 aromatic heterocycles. The Bertz CT molecular complexity index is 434. The van der Waals surface area contributed by atoms with Gasteiger partial charge in [-0.3, -0.25) is 10.1 Å². The van der Waals surface area contributed by atoms with Crippen LogP contribution in [-0.4, -0.2) is 30.7 Å². The monoisotopic (exact) mass is 236 g/mol. The van der Waals surface area contributed by atoms with Crippen molar-refractivity contribution in [3.05, 3.63) is 33.9 Å². The quantitative estimate of drug-likeness (QED) is 0.583. The predicted octanol–water partition coefficient (Wildman–Crippen LogP) is 2.13. The van der Waals surface area contributed by atoms with Gasteiger partial charge in [0.2, 0.25) is 0 Å². The molecule has 2 rings (SSSR count). The molecule has 0 aliphatic carbocycles. The summed E-state index contributed by atoms with van der Waals surface area (Å²) in [6.07, 6.45) is 0.208. The van der Waals surface area contributed by atoms with Gasteiger partial charge >= 0.3 is 0 Å². The Morgan fingerprint density at radius 3 is 2.88 bits per heavy atom. The average Bonchev–Trinajstić information content (AvgIpc) is 2.28. The number of hydrogen-bond donors (Lipinski definition) is 0. The SMILES string of the molecule is Cc1cc(N2CCOC(C)C2)ccc1[N+](=O)[O-]. The third kappa shape index (κ3) is 2.55. The minimum absolute atomic E-state index is 0.176. The van der Waals surface area contributed by atoms with E-state index in [1.54, 1.807) is 13.0 Å². The van der Waals surface area contributed by atoms with E-state index in [-0.39, 0.29) is 16.7 Å². The van der Waals surface area contributed by atoms with Crippen LogP contribution < -0.4 is 4.90 Å². The van der Waals surface area contributed by atoms with Crippen molar-refractivity contribution in [1.29, 1.82) is 0 Å². The molecule has 0 spiro atoms. The lowest BCUT2D eigenvalue weighted by atomic mass is 10.1. The maximum Gasteiger partial charge on any atom is 0.272 e. The molecule has 92 valence electrons. The Morgan fingerprint density at radius 1 is 1.53 bits per heavy atom. The fourth-order valence-corrected chi connectivity index (χ4v) is 2.09. The summed E-state index contributed by atoms with van der Waals surface area (Å²) in [7, 11) is 0. The van der Waals surface area contributed by atoms with E-state index in [0.29, 0.717) is 12.2 Å². The summed E-state index contributed by atoms with van der Waals surface area (Å²) in [4.78, 5) is 12.6. The van der Waals surface area contributed by atoms with E-state index in [4.69, 9.17) is 4.74 Å². The van der Waals surface area contributed by atoms with Gasteiger partial charge in [0, 0.05) is 30.4 Å². The van der Waals surface area contributed by atoms with Gasteiger partial charge < -0.3 is 9.64 Å². The van der Waals surface area contributed by atoms with Crippen LogP contribution in [0.15, 0.2) is 18.2 Å². The lowest BCUT2D eigenvalue weighted by Crippen LogP contribution is -2.41. The molecule has 1 saturated heterocycles. The van der Waals surface area contributed by atoms with Crippen molar-refractivity contribution in [2.45, 2.75) is 20.0 Å². The Balaban J connectivity index is 2.22. The molecule has 5 nitrogen and oxygen atoms in total. The van der Waals surface area contributed by atoms with Crippen LogP contribution in [-0.2, 0) is 4.74 Å². The zero-order valence-corrected chi connectivity index (χ0v) is 10.0. The minimum atomic E-state index is -0.346. The van der Waals surface area contributed by atoms with E-state index in [2.05, 4.69) is 4.90 Å². The number of benzene rings is 1. The van der Waals surface area contributed by atoms with Gasteiger partial charge in [-0.2, -0.15) is 0 Å². The zero-order chi connectivity index (χ0) is 12.4. The summed E-state index contributed by atoms with van der Waals surface area (Å²) in [5, 5.41) is 10.7. The number of nitro benzene ring substituents is 1. The first kappa shape index (κ1) is 11.9. The van der Waals surface area contributed by atoms with Gasteiger partial charge in [-0.25, -0.2) is 0 Å². The second-order valence-electron chi connectivity index (χ2n) is 4.36. The summed E-state index contributed by atoms with van der Waals surface area (Å²) in [5.74, 6) is 0. The average molecular weight is 236 g/mol. The molecule has 1 heterocycles. The number of hydrogen-bond acceptors (Lipinski definition) is 4. The number of aryl methyl sites for hydroxylation is 1. The van der Waals surface area contributed by atoms with Gasteiger partial charge in [-0.1, -0.05) is 0 Å². The third-order valence-electron chi connectivity index (χ3n) is 2.98. The first-order valence-corrected chi connectivity index (χ1v) is 5.69. The second-order valence-corrected chi connectivity index (χ2v) is 4.36. The Hall–Kier alpha value is -1.62. The van der Waals surface area contributed by atoms with Crippen LogP contribution >= 0.6 is 0 Å². The van der Waals surface area contributed by atoms with E-state index in [1.807, 2.05) is 19.1 Å². The maximum atomic E-state index is 10.7. The normalized spacial score (nSPS) is 20.4. The summed E-state index contributed by atoms with van der Waals surface area (Å²) >= 11 is 0. The summed E-state index contributed by atoms with van der Waals surface area (Å²) < 4.78 is 5.47. The fraction of sp³-hybridized carbons (Fsp3) is 0.500. The molecule has 0 radical (unpaired) electrons. The van der Waals surface area contributed by atoms with Crippen LogP contribution in [0.1, 0.15) is 12.5 Å². The smallest absolute Gasteiger partial charge is 0.272 e. The van der Waals surface area contributed by atoms with Crippen molar-refractivity contribution >= 4 is 11.4 Å². The van der Waals surface area contributed by atoms with Crippen molar-refractivity contribution in [1.82, 2.24) is 0 Å². The molecule has 0 N–H and O–H groups in total. The van der Waals surface area contributed by atoms with Crippen LogP contribution in [0.25, 0.3) is 0 Å². The highest BCUT2D eigenvalue weighted by Gasteiger charge is 2.19. The summed E-state index contributed by atoms with van der Waals surface area (Å²) in [6, 6.07) is 5.25. The molecule has 0 amide bonds. The van der Waals surface area contributed by atoms with Crippen molar-refractivity contribution < 1.29 is 9.66 Å². The van der Waals surface area contributed by atoms with Gasteiger partial charge in [0.05, 0.1) is 17.6 Å². The van der Waals surface area contributed by atoms with Crippen molar-refractivity contribution in [2.24, 2.45) is 0 Å². The number of anilines is 1. The van der Waals surface area contributed by atoms with Gasteiger partial charge in [-0.05, 0) is 26.0 Å². The molecule has 5 heteroatoms. The second kappa shape index (κ2) is 4.71. The third-order valence-corrected chi connectivity index (χ3v) is 2.98. The number of morpholine rings is 1. The Morgan fingerprint density at radius 2 is 2.29 bits per heavy atom. The summed E-state index contributed by atoms with van der Waals surface area (Å²) in [6.45, 7) is 6.17. The standard InChI is InChI=1S/C12H16N2O3/c1-9-7-11(3-4-12(9)14(15)16)13-5-6-17-10(2)8-13/h3-4,7,10H,5-6,8H2,1-2H3. The lowest BCUT2D eigenvalue weighted by Gasteiger charge is -2.33. The van der Waals surface area contributed by atoms with Crippen molar-refractivity contribution in [2.75, 3.05) is 24.6 Å². The Labute approximate surface area is 100 Å². The van der Waals surface area contributed by atoms with Crippen LogP contribution in [0.2, 0.25) is 0 Å². The van der Waals surface area contributed by atoms with Crippen molar-refractivity contribution in [3.8, 4) is 0 Å². The molecular weight excluding hydrogens is 220 g/mol. The number of ether oxygens (including phenoxy) is 1. The molecular formula is C12H16N2O3. The highest BCUT2D eigenvalue weighted by molar-refractivity contribution is 5.55. The summed E-state index contributed by atoms with van der Waals surface area (Å²) in [5.41, 5.74) is 1.91. The maximum absolute atomic E-state index is 10.7. The number of rotatable bonds is 2. The first-order chi connectivity index (χ1) is 8.08. The number of nitro groups is 1. The number of nitrogens with zero attached hydrogens (tertiary/aromatic N) is 2. The molecule has 1 aliphatic rings. The highest BCUT2D eigenvalue weighted by Crippen LogP contribution is 2.25. The molecule has 1 aromatic rings. The van der Waals surface area contributed by atoms with E-state index in [1.165, 1.54) is 0 Å². The van der Waals surface area contributed by atoms with E-state index in [9.17, 15) is 10.1 Å². The molecule has 1 aliphatic heterocycles. The molecule has 17 heavy (non-hydrogen) atoms. The topological polar surface area (TPSA) is 55.6 Å². The van der Waals surface area contributed by atoms with Gasteiger partial charge in [0.15, 0.2) is 0 Å². The van der Waals surface area contributed by atoms with E-state index >= 15 is 0 Å². The van der Waals surface area contributed by atoms with E-state index in [0.717, 1.165) is 18.8 Å². The molecule has 1 unspecified atom stereocenters. The van der Waals surface area contributed by atoms with Crippen LogP contribution in [0.4, 0.5) is 11.4 Å². The zero-order valence-electron chi connectivity index (χ0n) is 10.0. The molecule has 0 saturated carbocycles. The molecule has 1 aromatic carbocycles. The molecule has 1 fully saturated rings. The Kier molecular flexibility index (Phi) is 3.28.